The van der Waals surface area contributed by atoms with Crippen LogP contribution in [0.2, 0.25) is 18.0 Å². The molecule has 0 aliphatic heterocycles. The quantitative estimate of drug-likeness (QED) is 0.407. The maximum Gasteiger partial charge on any atom is 0.150 e. The van der Waals surface area contributed by atoms with Crippen molar-refractivity contribution in [1.82, 2.24) is 0 Å². The van der Waals surface area contributed by atoms with Crippen LogP contribution in [0.4, 0.5) is 0 Å². The Kier molecular flexibility index (Phi) is 3.65. The van der Waals surface area contributed by atoms with Crippen LogP contribution in [0.25, 0.3) is 0 Å². The lowest BCUT2D eigenvalue weighted by atomic mass is 9.21. The monoisotopic (exact) mass is 312 g/mol. The molecule has 0 heterocycles. The number of fused-ring (bicyclic) bond motifs is 4. The molecule has 7 atom stereocenters. The van der Waals surface area contributed by atoms with E-state index in [2.05, 4.69) is 47.3 Å². The van der Waals surface area contributed by atoms with Gasteiger partial charge in [0.15, 0.2) is 6.71 Å². The molecule has 6 aliphatic carbocycles. The normalized spacial score (nSPS) is 48.8. The van der Waals surface area contributed by atoms with Crippen LogP contribution < -0.4 is 0 Å². The zero-order valence-corrected chi connectivity index (χ0v) is 16.1. The topological polar surface area (TPSA) is 0 Å². The maximum atomic E-state index is 4.13. The van der Waals surface area contributed by atoms with Gasteiger partial charge in [-0.05, 0) is 53.3 Å². The predicted octanol–water partition coefficient (Wildman–Crippen LogP) is 6.57. The molecule has 1 unspecified atom stereocenters. The fourth-order valence-corrected chi connectivity index (χ4v) is 7.76. The van der Waals surface area contributed by atoms with Crippen molar-refractivity contribution in [2.24, 2.45) is 40.4 Å². The standard InChI is InChI=1S/C22H37B/c1-7-8-23(18-10-15-9-16(11-18)21(15,3)4)20-13-17-12-19(14(20)2)22(17,5)6/h7,14-20H,1,8-13H2,2-6H3/t14-,15-,16+,17+,18?,19-,20-/m1/s1. The summed E-state index contributed by atoms with van der Waals surface area (Å²) in [5, 5.41) is 0. The van der Waals surface area contributed by atoms with Crippen LogP contribution in [0.5, 0.6) is 0 Å². The van der Waals surface area contributed by atoms with Gasteiger partial charge in [-0.1, -0.05) is 77.9 Å². The van der Waals surface area contributed by atoms with E-state index in [9.17, 15) is 0 Å². The summed E-state index contributed by atoms with van der Waals surface area (Å²) in [6, 6.07) is 0. The van der Waals surface area contributed by atoms with Crippen LogP contribution in [0.15, 0.2) is 12.7 Å². The molecule has 0 N–H and O–H groups in total. The molecule has 128 valence electrons. The zero-order valence-electron chi connectivity index (χ0n) is 16.1. The first-order valence-electron chi connectivity index (χ1n) is 10.4. The highest BCUT2D eigenvalue weighted by Gasteiger charge is 2.60. The van der Waals surface area contributed by atoms with Crippen LogP contribution in [0.3, 0.4) is 0 Å². The van der Waals surface area contributed by atoms with Gasteiger partial charge in [0.25, 0.3) is 0 Å². The molecule has 6 aliphatic rings. The van der Waals surface area contributed by atoms with Gasteiger partial charge in [0, 0.05) is 0 Å². The lowest BCUT2D eigenvalue weighted by Crippen LogP contribution is -2.57. The van der Waals surface area contributed by atoms with Gasteiger partial charge in [-0.15, -0.1) is 6.58 Å². The van der Waals surface area contributed by atoms with E-state index in [-0.39, 0.29) is 0 Å². The summed E-state index contributed by atoms with van der Waals surface area (Å²) in [5.41, 5.74) is 1.28. The first kappa shape index (κ1) is 16.3. The molecule has 6 saturated carbocycles. The molecule has 4 bridgehead atoms. The van der Waals surface area contributed by atoms with E-state index in [0.29, 0.717) is 10.8 Å². The van der Waals surface area contributed by atoms with Gasteiger partial charge in [-0.3, -0.25) is 0 Å². The zero-order chi connectivity index (χ0) is 16.6. The Labute approximate surface area is 145 Å². The van der Waals surface area contributed by atoms with Crippen LogP contribution in [0.1, 0.15) is 66.7 Å². The lowest BCUT2D eigenvalue weighted by molar-refractivity contribution is -0.101. The van der Waals surface area contributed by atoms with Crippen LogP contribution in [0, 0.1) is 40.4 Å². The molecule has 23 heavy (non-hydrogen) atoms. The maximum absolute atomic E-state index is 4.13. The van der Waals surface area contributed by atoms with E-state index >= 15 is 0 Å². The van der Waals surface area contributed by atoms with Gasteiger partial charge in [0.2, 0.25) is 0 Å². The Morgan fingerprint density at radius 3 is 2.00 bits per heavy atom. The average molecular weight is 312 g/mol. The summed E-state index contributed by atoms with van der Waals surface area (Å²) in [5.74, 6) is 6.95. The Balaban J connectivity index is 1.50. The molecule has 0 saturated heterocycles. The SMILES string of the molecule is C=CCB(C1C[C@@H]2C[C@H](C1)C2(C)C)[C@@H]1C[C@@H]2C[C@H]([C@H]1C)C2(C)C. The van der Waals surface area contributed by atoms with Crippen molar-refractivity contribution in [3.8, 4) is 0 Å². The first-order chi connectivity index (χ1) is 10.8. The third-order valence-corrected chi connectivity index (χ3v) is 9.86. The number of hydrogen-bond donors (Lipinski definition) is 0. The molecule has 6 fully saturated rings. The minimum atomic E-state index is 0.630. The van der Waals surface area contributed by atoms with E-state index in [1.54, 1.807) is 0 Å². The van der Waals surface area contributed by atoms with Crippen LogP contribution in [-0.4, -0.2) is 6.71 Å². The average Bonchev–Trinajstić information content (AvgIpc) is 2.52. The Bertz CT molecular complexity index is 476. The molecule has 1 heteroatoms. The Hall–Kier alpha value is -0.195. The minimum absolute atomic E-state index is 0.630. The number of hydrogen-bond acceptors (Lipinski definition) is 0. The van der Waals surface area contributed by atoms with Crippen molar-refractivity contribution in [3.05, 3.63) is 12.7 Å². The smallest absolute Gasteiger partial charge is 0.104 e. The first-order valence-corrected chi connectivity index (χ1v) is 10.4. The number of rotatable bonds is 4. The fraction of sp³-hybridized carbons (Fsp3) is 0.909. The summed E-state index contributed by atoms with van der Waals surface area (Å²) in [6.07, 6.45) is 11.1. The summed E-state index contributed by atoms with van der Waals surface area (Å²) < 4.78 is 0. The molecule has 0 nitrogen and oxygen atoms in total. The van der Waals surface area contributed by atoms with Gasteiger partial charge in [0.05, 0.1) is 0 Å². The lowest BCUT2D eigenvalue weighted by Gasteiger charge is -2.65. The molecular formula is C22H37B. The van der Waals surface area contributed by atoms with Gasteiger partial charge in [-0.2, -0.15) is 0 Å². The van der Waals surface area contributed by atoms with Crippen LogP contribution in [-0.2, 0) is 0 Å². The Morgan fingerprint density at radius 2 is 1.52 bits per heavy atom. The van der Waals surface area contributed by atoms with Crippen molar-refractivity contribution in [1.29, 1.82) is 0 Å². The minimum Gasteiger partial charge on any atom is -0.104 e. The molecule has 0 amide bonds. The van der Waals surface area contributed by atoms with Crippen molar-refractivity contribution in [3.63, 3.8) is 0 Å². The van der Waals surface area contributed by atoms with Crippen LogP contribution >= 0.6 is 0 Å². The van der Waals surface area contributed by atoms with E-state index in [0.717, 1.165) is 47.9 Å². The highest BCUT2D eigenvalue weighted by molar-refractivity contribution is 6.62. The molecule has 0 aromatic carbocycles. The summed E-state index contributed by atoms with van der Waals surface area (Å²) in [7, 11) is 0. The summed E-state index contributed by atoms with van der Waals surface area (Å²) in [6.45, 7) is 17.8. The largest absolute Gasteiger partial charge is 0.150 e. The molecule has 6 rings (SSSR count). The van der Waals surface area contributed by atoms with Gasteiger partial charge >= 0.3 is 0 Å². The molecule has 0 radical (unpaired) electrons. The van der Waals surface area contributed by atoms with Crippen molar-refractivity contribution in [2.75, 3.05) is 0 Å². The van der Waals surface area contributed by atoms with Crippen molar-refractivity contribution >= 4 is 6.71 Å². The second-order valence-electron chi connectivity index (χ2n) is 11.0. The molecule has 0 aromatic heterocycles. The highest BCUT2D eigenvalue weighted by Crippen LogP contribution is 2.68. The highest BCUT2D eigenvalue weighted by atomic mass is 14.6. The van der Waals surface area contributed by atoms with E-state index < -0.39 is 0 Å². The van der Waals surface area contributed by atoms with Gasteiger partial charge in [-0.25, -0.2) is 0 Å². The van der Waals surface area contributed by atoms with Gasteiger partial charge in [0.1, 0.15) is 0 Å². The molecular weight excluding hydrogens is 275 g/mol. The van der Waals surface area contributed by atoms with Gasteiger partial charge < -0.3 is 0 Å². The third kappa shape index (κ3) is 2.17. The molecule has 0 spiro atoms. The molecule has 0 aromatic rings. The summed E-state index contributed by atoms with van der Waals surface area (Å²) >= 11 is 0. The second-order valence-corrected chi connectivity index (χ2v) is 11.0. The predicted molar refractivity (Wildman–Crippen MR) is 102 cm³/mol. The van der Waals surface area contributed by atoms with Crippen molar-refractivity contribution in [2.45, 2.75) is 84.7 Å². The fourth-order valence-electron chi connectivity index (χ4n) is 7.76. The third-order valence-electron chi connectivity index (χ3n) is 9.86. The second kappa shape index (κ2) is 5.15. The van der Waals surface area contributed by atoms with E-state index in [1.807, 2.05) is 0 Å². The van der Waals surface area contributed by atoms with E-state index in [4.69, 9.17) is 0 Å². The number of allylic oxidation sites excluding steroid dienone is 1. The van der Waals surface area contributed by atoms with E-state index in [1.165, 1.54) is 38.4 Å². The summed E-state index contributed by atoms with van der Waals surface area (Å²) in [4.78, 5) is 0. The van der Waals surface area contributed by atoms with Crippen molar-refractivity contribution < 1.29 is 0 Å². The Morgan fingerprint density at radius 1 is 0.913 bits per heavy atom.